The van der Waals surface area contributed by atoms with E-state index in [1.54, 1.807) is 12.1 Å². The molecular weight excluding hydrogens is 350 g/mol. The smallest absolute Gasteiger partial charge is 0.326 e. The lowest BCUT2D eigenvalue weighted by Gasteiger charge is -2.30. The lowest BCUT2D eigenvalue weighted by molar-refractivity contribution is -0.144. The second-order valence-electron chi connectivity index (χ2n) is 6.51. The van der Waals surface area contributed by atoms with Gasteiger partial charge in [-0.25, -0.2) is 4.79 Å². The van der Waals surface area contributed by atoms with Crippen LogP contribution in [0.15, 0.2) is 24.3 Å². The molecule has 0 aliphatic carbocycles. The van der Waals surface area contributed by atoms with Crippen LogP contribution >= 0.6 is 0 Å². The van der Waals surface area contributed by atoms with E-state index in [-0.39, 0.29) is 18.6 Å². The Labute approximate surface area is 159 Å². The standard InChI is InChI=1S/C19H29N3O5/c1-2-11-21-19(13-23,12-14-6-8-15(24)9-7-14)18(27)22-16(17(25)26)5-3-4-10-20/h6-9,13,16,21,24H,2-5,10-12,20H2,1H3,(H,22,27)(H,25,26)/t16-,19+/m0/s1. The molecule has 0 saturated heterocycles. The van der Waals surface area contributed by atoms with Gasteiger partial charge in [0.2, 0.25) is 5.91 Å². The lowest BCUT2D eigenvalue weighted by Crippen LogP contribution is -2.62. The number of unbranched alkanes of at least 4 members (excludes halogenated alkanes) is 1. The van der Waals surface area contributed by atoms with Crippen LogP contribution in [0, 0.1) is 0 Å². The minimum Gasteiger partial charge on any atom is -0.508 e. The summed E-state index contributed by atoms with van der Waals surface area (Å²) in [5.41, 5.74) is 4.50. The maximum atomic E-state index is 12.9. The Balaban J connectivity index is 3.01. The molecular formula is C19H29N3O5. The Morgan fingerprint density at radius 3 is 2.44 bits per heavy atom. The Kier molecular flexibility index (Phi) is 9.46. The van der Waals surface area contributed by atoms with Crippen LogP contribution in [-0.4, -0.2) is 53.0 Å². The number of carboxylic acid groups (broad SMARTS) is 1. The van der Waals surface area contributed by atoms with Crippen LogP contribution in [0.25, 0.3) is 0 Å². The van der Waals surface area contributed by atoms with E-state index in [4.69, 9.17) is 5.73 Å². The number of amides is 1. The van der Waals surface area contributed by atoms with Crippen LogP contribution in [0.2, 0.25) is 0 Å². The number of hydrogen-bond donors (Lipinski definition) is 5. The average Bonchev–Trinajstić information content (AvgIpc) is 2.65. The quantitative estimate of drug-likeness (QED) is 0.192. The van der Waals surface area contributed by atoms with Crippen molar-refractivity contribution in [2.45, 2.75) is 50.6 Å². The number of aliphatic carboxylic acids is 1. The number of nitrogens with one attached hydrogen (secondary N) is 2. The van der Waals surface area contributed by atoms with Gasteiger partial charge < -0.3 is 26.1 Å². The molecule has 1 aromatic rings. The summed E-state index contributed by atoms with van der Waals surface area (Å²) in [6, 6.07) is 5.08. The van der Waals surface area contributed by atoms with Crippen LogP contribution in [0.3, 0.4) is 0 Å². The van der Waals surface area contributed by atoms with Gasteiger partial charge in [-0.15, -0.1) is 0 Å². The van der Waals surface area contributed by atoms with E-state index < -0.39 is 23.5 Å². The highest BCUT2D eigenvalue weighted by Gasteiger charge is 2.39. The summed E-state index contributed by atoms with van der Waals surface area (Å²) in [4.78, 5) is 36.3. The summed E-state index contributed by atoms with van der Waals surface area (Å²) >= 11 is 0. The number of carbonyl (C=O) groups excluding carboxylic acids is 2. The van der Waals surface area contributed by atoms with Crippen LogP contribution in [-0.2, 0) is 20.8 Å². The molecule has 0 spiro atoms. The Bertz CT molecular complexity index is 620. The molecule has 1 aromatic carbocycles. The number of carbonyl (C=O) groups is 3. The molecule has 0 saturated carbocycles. The molecule has 0 heterocycles. The number of phenolic OH excluding ortho intramolecular Hbond substituents is 1. The molecule has 8 heteroatoms. The molecule has 6 N–H and O–H groups in total. The van der Waals surface area contributed by atoms with Gasteiger partial charge in [0.25, 0.3) is 0 Å². The summed E-state index contributed by atoms with van der Waals surface area (Å²) in [7, 11) is 0. The summed E-state index contributed by atoms with van der Waals surface area (Å²) in [6.45, 7) is 2.75. The third-order valence-corrected chi connectivity index (χ3v) is 4.27. The highest BCUT2D eigenvalue weighted by atomic mass is 16.4. The van der Waals surface area contributed by atoms with Gasteiger partial charge in [0.05, 0.1) is 0 Å². The number of rotatable bonds is 13. The van der Waals surface area contributed by atoms with Crippen molar-refractivity contribution in [1.82, 2.24) is 10.6 Å². The van der Waals surface area contributed by atoms with Crippen LogP contribution < -0.4 is 16.4 Å². The van der Waals surface area contributed by atoms with Crippen molar-refractivity contribution in [3.8, 4) is 5.75 Å². The first kappa shape index (κ1) is 22.6. The number of benzene rings is 1. The van der Waals surface area contributed by atoms with E-state index in [2.05, 4.69) is 10.6 Å². The van der Waals surface area contributed by atoms with E-state index in [0.717, 1.165) is 0 Å². The number of phenols is 1. The Hall–Kier alpha value is -2.45. The third kappa shape index (κ3) is 6.99. The second kappa shape index (κ2) is 11.3. The first-order valence-electron chi connectivity index (χ1n) is 9.11. The molecule has 150 valence electrons. The molecule has 0 bridgehead atoms. The number of hydrogen-bond acceptors (Lipinski definition) is 6. The molecule has 27 heavy (non-hydrogen) atoms. The second-order valence-corrected chi connectivity index (χ2v) is 6.51. The largest absolute Gasteiger partial charge is 0.508 e. The Morgan fingerprint density at radius 2 is 1.93 bits per heavy atom. The van der Waals surface area contributed by atoms with Crippen molar-refractivity contribution in [3.63, 3.8) is 0 Å². The molecule has 0 aliphatic rings. The third-order valence-electron chi connectivity index (χ3n) is 4.27. The van der Waals surface area contributed by atoms with E-state index in [1.807, 2.05) is 6.92 Å². The maximum Gasteiger partial charge on any atom is 0.326 e. The van der Waals surface area contributed by atoms with Gasteiger partial charge in [0.1, 0.15) is 18.1 Å². The monoisotopic (exact) mass is 379 g/mol. The zero-order chi connectivity index (χ0) is 20.3. The summed E-state index contributed by atoms with van der Waals surface area (Å²) < 4.78 is 0. The van der Waals surface area contributed by atoms with E-state index in [1.165, 1.54) is 12.1 Å². The minimum absolute atomic E-state index is 0.0394. The molecule has 0 aromatic heterocycles. The molecule has 8 nitrogen and oxygen atoms in total. The molecule has 1 rings (SSSR count). The van der Waals surface area contributed by atoms with Gasteiger partial charge in [0.15, 0.2) is 5.54 Å². The maximum absolute atomic E-state index is 12.9. The summed E-state index contributed by atoms with van der Waals surface area (Å²) in [5.74, 6) is -1.76. The van der Waals surface area contributed by atoms with Crippen molar-refractivity contribution in [1.29, 1.82) is 0 Å². The summed E-state index contributed by atoms with van der Waals surface area (Å²) in [5, 5.41) is 24.2. The van der Waals surface area contributed by atoms with Crippen LogP contribution in [0.5, 0.6) is 5.75 Å². The number of aldehydes is 1. The molecule has 0 radical (unpaired) electrons. The van der Waals surface area contributed by atoms with Crippen molar-refractivity contribution in [2.24, 2.45) is 5.73 Å². The van der Waals surface area contributed by atoms with Crippen molar-refractivity contribution >= 4 is 18.2 Å². The first-order chi connectivity index (χ1) is 12.9. The van der Waals surface area contributed by atoms with Crippen molar-refractivity contribution in [2.75, 3.05) is 13.1 Å². The molecule has 0 unspecified atom stereocenters. The SMILES string of the molecule is CCCN[C@@](C=O)(Cc1ccc(O)cc1)C(=O)N[C@@H](CCCCN)C(=O)O. The fourth-order valence-corrected chi connectivity index (χ4v) is 2.68. The number of nitrogens with two attached hydrogens (primary N) is 1. The summed E-state index contributed by atoms with van der Waals surface area (Å²) in [6.07, 6.45) is 2.70. The molecule has 0 fully saturated rings. The zero-order valence-electron chi connectivity index (χ0n) is 15.6. The highest BCUT2D eigenvalue weighted by Crippen LogP contribution is 2.17. The zero-order valence-corrected chi connectivity index (χ0v) is 15.6. The van der Waals surface area contributed by atoms with Gasteiger partial charge in [-0.1, -0.05) is 19.1 Å². The number of aromatic hydroxyl groups is 1. The lowest BCUT2D eigenvalue weighted by atomic mass is 9.90. The molecule has 0 aliphatic heterocycles. The van der Waals surface area contributed by atoms with Gasteiger partial charge in [-0.05, 0) is 56.5 Å². The topological polar surface area (TPSA) is 142 Å². The predicted octanol–water partition coefficient (Wildman–Crippen LogP) is 0.570. The van der Waals surface area contributed by atoms with Gasteiger partial charge in [0, 0.05) is 6.42 Å². The number of carboxylic acids is 1. The van der Waals surface area contributed by atoms with E-state index in [0.29, 0.717) is 44.2 Å². The van der Waals surface area contributed by atoms with E-state index in [9.17, 15) is 24.6 Å². The predicted molar refractivity (Wildman–Crippen MR) is 101 cm³/mol. The molecule has 2 atom stereocenters. The molecule has 1 amide bonds. The average molecular weight is 379 g/mol. The fourth-order valence-electron chi connectivity index (χ4n) is 2.68. The highest BCUT2D eigenvalue weighted by molar-refractivity contribution is 6.03. The first-order valence-corrected chi connectivity index (χ1v) is 9.11. The normalized spacial score (nSPS) is 14.1. The van der Waals surface area contributed by atoms with Gasteiger partial charge >= 0.3 is 5.97 Å². The van der Waals surface area contributed by atoms with Crippen LogP contribution in [0.1, 0.15) is 38.2 Å². The van der Waals surface area contributed by atoms with Crippen LogP contribution in [0.4, 0.5) is 0 Å². The van der Waals surface area contributed by atoms with Crippen molar-refractivity contribution < 1.29 is 24.6 Å². The van der Waals surface area contributed by atoms with Gasteiger partial charge in [-0.3, -0.25) is 10.1 Å². The fraction of sp³-hybridized carbons (Fsp3) is 0.526. The minimum atomic E-state index is -1.59. The Morgan fingerprint density at radius 1 is 1.26 bits per heavy atom. The van der Waals surface area contributed by atoms with E-state index >= 15 is 0 Å². The van der Waals surface area contributed by atoms with Crippen molar-refractivity contribution in [3.05, 3.63) is 29.8 Å². The van der Waals surface area contributed by atoms with Gasteiger partial charge in [-0.2, -0.15) is 0 Å².